The number of anilines is 1. The van der Waals surface area contributed by atoms with Gasteiger partial charge in [0.2, 0.25) is 0 Å². The van der Waals surface area contributed by atoms with Crippen LogP contribution in [-0.4, -0.2) is 26.4 Å². The van der Waals surface area contributed by atoms with Crippen LogP contribution in [0, 0.1) is 0 Å². The maximum atomic E-state index is 13.0. The van der Waals surface area contributed by atoms with E-state index in [1.54, 1.807) is 48.8 Å². The van der Waals surface area contributed by atoms with Crippen LogP contribution in [0.5, 0.6) is 0 Å². The number of halogens is 1. The second-order valence-electron chi connectivity index (χ2n) is 6.46. The smallest absolute Gasteiger partial charge is 0.264 e. The number of hydrogen-bond acceptors (Lipinski definition) is 4. The molecule has 0 saturated heterocycles. The Balaban J connectivity index is 1.83. The van der Waals surface area contributed by atoms with Crippen molar-refractivity contribution in [2.45, 2.75) is 17.9 Å². The number of nitrogens with zero attached hydrogens (tertiary/aromatic N) is 2. The van der Waals surface area contributed by atoms with E-state index < -0.39 is 10.0 Å². The number of pyridine rings is 1. The van der Waals surface area contributed by atoms with Gasteiger partial charge in [-0.05, 0) is 61.0 Å². The standard InChI is InChI=1S/C21H20ClN3O3S/c1-15(16-9-11-23-12-10-16)24-21(26)17-5-3-8-20(13-17)29(27,28)25(2)19-7-4-6-18(22)14-19/h3-15H,1-2H3,(H,24,26)/t15-/m1/s1. The van der Waals surface area contributed by atoms with Crippen molar-refractivity contribution in [1.82, 2.24) is 10.3 Å². The molecule has 8 heteroatoms. The zero-order valence-corrected chi connectivity index (χ0v) is 17.5. The molecule has 0 spiro atoms. The van der Waals surface area contributed by atoms with E-state index in [1.165, 1.54) is 19.2 Å². The topological polar surface area (TPSA) is 79.4 Å². The van der Waals surface area contributed by atoms with Crippen LogP contribution >= 0.6 is 11.6 Å². The summed E-state index contributed by atoms with van der Waals surface area (Å²) >= 11 is 5.97. The van der Waals surface area contributed by atoms with E-state index in [4.69, 9.17) is 11.6 Å². The minimum Gasteiger partial charge on any atom is -0.346 e. The van der Waals surface area contributed by atoms with Crippen LogP contribution in [0.15, 0.2) is 78.0 Å². The van der Waals surface area contributed by atoms with Crippen molar-refractivity contribution in [2.24, 2.45) is 0 Å². The summed E-state index contributed by atoms with van der Waals surface area (Å²) in [5.74, 6) is -0.364. The molecule has 29 heavy (non-hydrogen) atoms. The number of nitrogens with one attached hydrogen (secondary N) is 1. The highest BCUT2D eigenvalue weighted by Gasteiger charge is 2.23. The molecule has 1 aromatic heterocycles. The number of benzene rings is 2. The van der Waals surface area contributed by atoms with Gasteiger partial charge in [-0.2, -0.15) is 0 Å². The van der Waals surface area contributed by atoms with Crippen molar-refractivity contribution in [2.75, 3.05) is 11.4 Å². The lowest BCUT2D eigenvalue weighted by molar-refractivity contribution is 0.0939. The molecule has 2 aromatic carbocycles. The molecule has 0 saturated carbocycles. The largest absolute Gasteiger partial charge is 0.346 e. The first-order valence-electron chi connectivity index (χ1n) is 8.84. The van der Waals surface area contributed by atoms with E-state index in [0.29, 0.717) is 10.7 Å². The predicted molar refractivity (Wildman–Crippen MR) is 114 cm³/mol. The van der Waals surface area contributed by atoms with Gasteiger partial charge in [-0.15, -0.1) is 0 Å². The number of carbonyl (C=O) groups is 1. The van der Waals surface area contributed by atoms with E-state index in [9.17, 15) is 13.2 Å². The van der Waals surface area contributed by atoms with Gasteiger partial charge >= 0.3 is 0 Å². The van der Waals surface area contributed by atoms with E-state index >= 15 is 0 Å². The summed E-state index contributed by atoms with van der Waals surface area (Å²) in [6.45, 7) is 1.85. The highest BCUT2D eigenvalue weighted by atomic mass is 35.5. The Bertz CT molecular complexity index is 1120. The van der Waals surface area contributed by atoms with Crippen LogP contribution in [0.3, 0.4) is 0 Å². The fourth-order valence-corrected chi connectivity index (χ4v) is 4.20. The fourth-order valence-electron chi connectivity index (χ4n) is 2.78. The number of sulfonamides is 1. The summed E-state index contributed by atoms with van der Waals surface area (Å²) < 4.78 is 27.1. The molecule has 0 bridgehead atoms. The second kappa shape index (κ2) is 8.63. The van der Waals surface area contributed by atoms with Gasteiger partial charge in [0, 0.05) is 30.0 Å². The summed E-state index contributed by atoms with van der Waals surface area (Å²) in [5, 5.41) is 3.30. The Morgan fingerprint density at radius 3 is 2.45 bits per heavy atom. The molecule has 0 fully saturated rings. The Morgan fingerprint density at radius 2 is 1.76 bits per heavy atom. The zero-order chi connectivity index (χ0) is 21.0. The third kappa shape index (κ3) is 4.75. The highest BCUT2D eigenvalue weighted by Crippen LogP contribution is 2.25. The molecule has 1 N–H and O–H groups in total. The SMILES string of the molecule is C[C@@H](NC(=O)c1cccc(S(=O)(=O)N(C)c2cccc(Cl)c2)c1)c1ccncc1. The van der Waals surface area contributed by atoms with Crippen LogP contribution in [0.4, 0.5) is 5.69 Å². The van der Waals surface area contributed by atoms with Crippen molar-refractivity contribution in [1.29, 1.82) is 0 Å². The Hall–Kier alpha value is -2.90. The molecule has 3 rings (SSSR count). The monoisotopic (exact) mass is 429 g/mol. The third-order valence-electron chi connectivity index (χ3n) is 4.48. The van der Waals surface area contributed by atoms with Gasteiger partial charge in [-0.1, -0.05) is 23.7 Å². The molecule has 1 heterocycles. The van der Waals surface area contributed by atoms with Crippen LogP contribution in [0.1, 0.15) is 28.9 Å². The van der Waals surface area contributed by atoms with E-state index in [2.05, 4.69) is 10.3 Å². The molecule has 0 aliphatic heterocycles. The summed E-state index contributed by atoms with van der Waals surface area (Å²) in [6.07, 6.45) is 3.30. The van der Waals surface area contributed by atoms with Crippen LogP contribution in [-0.2, 0) is 10.0 Å². The van der Waals surface area contributed by atoms with Gasteiger partial charge in [0.25, 0.3) is 15.9 Å². The van der Waals surface area contributed by atoms with Crippen LogP contribution in [0.25, 0.3) is 0 Å². The normalized spacial score (nSPS) is 12.2. The van der Waals surface area contributed by atoms with Gasteiger partial charge in [-0.25, -0.2) is 8.42 Å². The third-order valence-corrected chi connectivity index (χ3v) is 6.50. The van der Waals surface area contributed by atoms with Crippen molar-refractivity contribution in [3.63, 3.8) is 0 Å². The number of amides is 1. The molecule has 150 valence electrons. The molecule has 0 aliphatic rings. The summed E-state index contributed by atoms with van der Waals surface area (Å²) in [4.78, 5) is 16.6. The molecule has 0 radical (unpaired) electrons. The number of carbonyl (C=O) groups excluding carboxylic acids is 1. The average Bonchev–Trinajstić information content (AvgIpc) is 2.73. The Labute approximate surface area is 175 Å². The minimum atomic E-state index is -3.86. The maximum Gasteiger partial charge on any atom is 0.264 e. The first-order valence-corrected chi connectivity index (χ1v) is 10.7. The zero-order valence-electron chi connectivity index (χ0n) is 15.9. The predicted octanol–water partition coefficient (Wildman–Crippen LogP) is 4.05. The lowest BCUT2D eigenvalue weighted by Crippen LogP contribution is -2.28. The number of aromatic nitrogens is 1. The van der Waals surface area contributed by atoms with Crippen molar-refractivity contribution < 1.29 is 13.2 Å². The van der Waals surface area contributed by atoms with E-state index in [0.717, 1.165) is 9.87 Å². The lowest BCUT2D eigenvalue weighted by atomic mass is 10.1. The molecule has 0 unspecified atom stereocenters. The Morgan fingerprint density at radius 1 is 1.07 bits per heavy atom. The molecular weight excluding hydrogens is 410 g/mol. The van der Waals surface area contributed by atoms with Crippen LogP contribution in [0.2, 0.25) is 5.02 Å². The lowest BCUT2D eigenvalue weighted by Gasteiger charge is -2.20. The van der Waals surface area contributed by atoms with Gasteiger partial charge < -0.3 is 5.32 Å². The average molecular weight is 430 g/mol. The quantitative estimate of drug-likeness (QED) is 0.641. The molecule has 1 amide bonds. The van der Waals surface area contributed by atoms with Crippen molar-refractivity contribution in [3.8, 4) is 0 Å². The van der Waals surface area contributed by atoms with Gasteiger partial charge in [0.15, 0.2) is 0 Å². The molecule has 3 aromatic rings. The van der Waals surface area contributed by atoms with Crippen LogP contribution < -0.4 is 9.62 Å². The van der Waals surface area contributed by atoms with Gasteiger partial charge in [0.05, 0.1) is 16.6 Å². The number of hydrogen-bond donors (Lipinski definition) is 1. The fraction of sp³-hybridized carbons (Fsp3) is 0.143. The first-order chi connectivity index (χ1) is 13.8. The van der Waals surface area contributed by atoms with Crippen molar-refractivity contribution in [3.05, 3.63) is 89.2 Å². The first kappa shape index (κ1) is 20.8. The minimum absolute atomic E-state index is 0.0178. The van der Waals surface area contributed by atoms with Gasteiger partial charge in [0.1, 0.15) is 0 Å². The molecular formula is C21H20ClN3O3S. The van der Waals surface area contributed by atoms with Crippen molar-refractivity contribution >= 4 is 33.2 Å². The molecule has 1 atom stereocenters. The maximum absolute atomic E-state index is 13.0. The summed E-state index contributed by atoms with van der Waals surface area (Å²) in [7, 11) is -2.42. The summed E-state index contributed by atoms with van der Waals surface area (Å²) in [5.41, 5.74) is 1.59. The summed E-state index contributed by atoms with van der Waals surface area (Å²) in [6, 6.07) is 15.9. The molecule has 6 nitrogen and oxygen atoms in total. The Kier molecular flexibility index (Phi) is 6.20. The van der Waals surface area contributed by atoms with E-state index in [1.807, 2.05) is 19.1 Å². The molecule has 0 aliphatic carbocycles. The van der Waals surface area contributed by atoms with Gasteiger partial charge in [-0.3, -0.25) is 14.1 Å². The second-order valence-corrected chi connectivity index (χ2v) is 8.86. The number of rotatable bonds is 6. The highest BCUT2D eigenvalue weighted by molar-refractivity contribution is 7.92. The van der Waals surface area contributed by atoms with E-state index in [-0.39, 0.29) is 22.4 Å².